The van der Waals surface area contributed by atoms with Gasteiger partial charge in [0.2, 0.25) is 0 Å². The molecule has 98 valence electrons. The van der Waals surface area contributed by atoms with Crippen LogP contribution >= 0.6 is 0 Å². The van der Waals surface area contributed by atoms with Gasteiger partial charge in [0.15, 0.2) is 0 Å². The molecule has 0 saturated carbocycles. The van der Waals surface area contributed by atoms with E-state index in [0.29, 0.717) is 12.0 Å². The Hall–Kier alpha value is -1.51. The van der Waals surface area contributed by atoms with Crippen molar-refractivity contribution < 1.29 is 0 Å². The van der Waals surface area contributed by atoms with E-state index in [9.17, 15) is 0 Å². The van der Waals surface area contributed by atoms with E-state index in [-0.39, 0.29) is 0 Å². The van der Waals surface area contributed by atoms with Gasteiger partial charge in [-0.25, -0.2) is 4.98 Å². The van der Waals surface area contributed by atoms with E-state index in [2.05, 4.69) is 38.3 Å². The third-order valence-electron chi connectivity index (χ3n) is 3.65. The number of hydrogen-bond donors (Lipinski definition) is 1. The van der Waals surface area contributed by atoms with Crippen LogP contribution in [0.2, 0.25) is 0 Å². The Kier molecular flexibility index (Phi) is 3.60. The van der Waals surface area contributed by atoms with Crippen LogP contribution in [0.25, 0.3) is 11.0 Å². The van der Waals surface area contributed by atoms with E-state index in [4.69, 9.17) is 10.7 Å². The van der Waals surface area contributed by atoms with Crippen molar-refractivity contribution in [1.29, 1.82) is 0 Å². The second kappa shape index (κ2) is 5.01. The van der Waals surface area contributed by atoms with Gasteiger partial charge in [-0.2, -0.15) is 0 Å². The van der Waals surface area contributed by atoms with Crippen LogP contribution in [-0.2, 0) is 0 Å². The lowest BCUT2D eigenvalue weighted by atomic mass is 10.0. The molecule has 0 aliphatic carbocycles. The fraction of sp³-hybridized carbons (Fsp3) is 0.533. The summed E-state index contributed by atoms with van der Waals surface area (Å²) in [6, 6.07) is 6.46. The first-order chi connectivity index (χ1) is 8.60. The average Bonchev–Trinajstić information content (AvgIpc) is 2.71. The molecule has 0 aliphatic rings. The van der Waals surface area contributed by atoms with Crippen LogP contribution in [0.15, 0.2) is 18.2 Å². The van der Waals surface area contributed by atoms with Crippen LogP contribution in [0, 0.1) is 0 Å². The van der Waals surface area contributed by atoms with Crippen LogP contribution in [0.4, 0.5) is 5.69 Å². The molecule has 3 nitrogen and oxygen atoms in total. The molecular formula is C15H23N3. The molecule has 18 heavy (non-hydrogen) atoms. The lowest BCUT2D eigenvalue weighted by Gasteiger charge is -2.18. The molecule has 0 spiro atoms. The molecule has 0 bridgehead atoms. The van der Waals surface area contributed by atoms with Crippen molar-refractivity contribution in [3.63, 3.8) is 0 Å². The highest BCUT2D eigenvalue weighted by atomic mass is 15.1. The fourth-order valence-electron chi connectivity index (χ4n) is 2.64. The van der Waals surface area contributed by atoms with Crippen LogP contribution in [0.3, 0.4) is 0 Å². The van der Waals surface area contributed by atoms with E-state index in [0.717, 1.165) is 29.6 Å². The lowest BCUT2D eigenvalue weighted by molar-refractivity contribution is 0.517. The van der Waals surface area contributed by atoms with Gasteiger partial charge in [0.25, 0.3) is 0 Å². The third-order valence-corrected chi connectivity index (χ3v) is 3.65. The standard InChI is InChI=1S/C15H23N3/c1-5-11(6-2)15-17-14-12(16)8-7-9-13(14)18(15)10(3)4/h7-11H,5-6,16H2,1-4H3. The second-order valence-corrected chi connectivity index (χ2v) is 5.16. The molecule has 0 radical (unpaired) electrons. The first-order valence-corrected chi connectivity index (χ1v) is 6.86. The molecule has 1 aromatic heterocycles. The van der Waals surface area contributed by atoms with Crippen LogP contribution in [-0.4, -0.2) is 9.55 Å². The van der Waals surface area contributed by atoms with Crippen molar-refractivity contribution >= 4 is 16.7 Å². The fourth-order valence-corrected chi connectivity index (χ4v) is 2.64. The predicted octanol–water partition coefficient (Wildman–Crippen LogP) is 4.10. The Morgan fingerprint density at radius 3 is 2.44 bits per heavy atom. The first kappa shape index (κ1) is 12.9. The number of nitrogens with zero attached hydrogens (tertiary/aromatic N) is 2. The number of nitrogen functional groups attached to an aromatic ring is 1. The first-order valence-electron chi connectivity index (χ1n) is 6.86. The molecule has 0 saturated heterocycles. The van der Waals surface area contributed by atoms with Crippen molar-refractivity contribution in [3.8, 4) is 0 Å². The van der Waals surface area contributed by atoms with Gasteiger partial charge in [-0.15, -0.1) is 0 Å². The monoisotopic (exact) mass is 245 g/mol. The Bertz CT molecular complexity index is 536. The van der Waals surface area contributed by atoms with Crippen molar-refractivity contribution in [2.45, 2.75) is 52.5 Å². The van der Waals surface area contributed by atoms with Gasteiger partial charge in [-0.1, -0.05) is 19.9 Å². The smallest absolute Gasteiger partial charge is 0.113 e. The zero-order valence-electron chi connectivity index (χ0n) is 11.8. The van der Waals surface area contributed by atoms with Gasteiger partial charge < -0.3 is 10.3 Å². The molecule has 3 heteroatoms. The summed E-state index contributed by atoms with van der Waals surface area (Å²) in [5.41, 5.74) is 8.93. The number of para-hydroxylation sites is 1. The van der Waals surface area contributed by atoms with E-state index < -0.39 is 0 Å². The predicted molar refractivity (Wildman–Crippen MR) is 77.9 cm³/mol. The number of fused-ring (bicyclic) bond motifs is 1. The van der Waals surface area contributed by atoms with Gasteiger partial charge in [0.05, 0.1) is 11.2 Å². The van der Waals surface area contributed by atoms with Gasteiger partial charge in [0, 0.05) is 12.0 Å². The number of rotatable bonds is 4. The number of aromatic nitrogens is 2. The van der Waals surface area contributed by atoms with Crippen molar-refractivity contribution in [1.82, 2.24) is 9.55 Å². The largest absolute Gasteiger partial charge is 0.397 e. The summed E-state index contributed by atoms with van der Waals surface area (Å²) in [6.45, 7) is 8.86. The Morgan fingerprint density at radius 2 is 1.89 bits per heavy atom. The van der Waals surface area contributed by atoms with E-state index >= 15 is 0 Å². The molecule has 0 fully saturated rings. The minimum Gasteiger partial charge on any atom is -0.397 e. The number of benzene rings is 1. The number of nitrogens with two attached hydrogens (primary N) is 1. The molecule has 2 rings (SSSR count). The summed E-state index contributed by atoms with van der Waals surface area (Å²) in [5.74, 6) is 1.70. The Labute approximate surface area is 109 Å². The summed E-state index contributed by atoms with van der Waals surface area (Å²) in [7, 11) is 0. The quantitative estimate of drug-likeness (QED) is 0.824. The molecule has 0 atom stereocenters. The molecule has 0 unspecified atom stereocenters. The average molecular weight is 245 g/mol. The van der Waals surface area contributed by atoms with Crippen molar-refractivity contribution in [2.75, 3.05) is 5.73 Å². The molecule has 2 N–H and O–H groups in total. The van der Waals surface area contributed by atoms with Crippen LogP contribution < -0.4 is 5.73 Å². The molecule has 1 heterocycles. The SMILES string of the molecule is CCC(CC)c1nc2c(N)cccc2n1C(C)C. The molecule has 0 amide bonds. The Balaban J connectivity index is 2.72. The molecule has 2 aromatic rings. The number of imidazole rings is 1. The minimum atomic E-state index is 0.410. The minimum absolute atomic E-state index is 0.410. The molecular weight excluding hydrogens is 222 g/mol. The summed E-state index contributed by atoms with van der Waals surface area (Å²) in [5, 5.41) is 0. The zero-order valence-corrected chi connectivity index (χ0v) is 11.8. The zero-order chi connectivity index (χ0) is 13.3. The van der Waals surface area contributed by atoms with Crippen molar-refractivity contribution in [2.24, 2.45) is 0 Å². The van der Waals surface area contributed by atoms with Gasteiger partial charge in [0.1, 0.15) is 11.3 Å². The maximum absolute atomic E-state index is 6.05. The van der Waals surface area contributed by atoms with Gasteiger partial charge in [-0.3, -0.25) is 0 Å². The summed E-state index contributed by atoms with van der Waals surface area (Å²) in [4.78, 5) is 4.81. The molecule has 0 aliphatic heterocycles. The maximum Gasteiger partial charge on any atom is 0.113 e. The third kappa shape index (κ3) is 1.98. The van der Waals surface area contributed by atoms with Gasteiger partial charge in [-0.05, 0) is 38.8 Å². The highest BCUT2D eigenvalue weighted by Crippen LogP contribution is 2.31. The lowest BCUT2D eigenvalue weighted by Crippen LogP contribution is -2.10. The van der Waals surface area contributed by atoms with E-state index in [1.54, 1.807) is 0 Å². The highest BCUT2D eigenvalue weighted by molar-refractivity contribution is 5.87. The van der Waals surface area contributed by atoms with E-state index in [1.807, 2.05) is 12.1 Å². The van der Waals surface area contributed by atoms with Crippen molar-refractivity contribution in [3.05, 3.63) is 24.0 Å². The second-order valence-electron chi connectivity index (χ2n) is 5.16. The maximum atomic E-state index is 6.05. The van der Waals surface area contributed by atoms with Crippen LogP contribution in [0.1, 0.15) is 58.3 Å². The summed E-state index contributed by atoms with van der Waals surface area (Å²) in [6.07, 6.45) is 2.24. The Morgan fingerprint density at radius 1 is 1.22 bits per heavy atom. The normalized spacial score (nSPS) is 11.9. The van der Waals surface area contributed by atoms with Gasteiger partial charge >= 0.3 is 0 Å². The topological polar surface area (TPSA) is 43.8 Å². The number of anilines is 1. The molecule has 1 aromatic carbocycles. The van der Waals surface area contributed by atoms with E-state index in [1.165, 1.54) is 5.82 Å². The number of hydrogen-bond acceptors (Lipinski definition) is 2. The van der Waals surface area contributed by atoms with Crippen LogP contribution in [0.5, 0.6) is 0 Å². The summed E-state index contributed by atoms with van der Waals surface area (Å²) >= 11 is 0. The highest BCUT2D eigenvalue weighted by Gasteiger charge is 2.19. The summed E-state index contributed by atoms with van der Waals surface area (Å²) < 4.78 is 2.34.